The van der Waals surface area contributed by atoms with Crippen molar-refractivity contribution in [2.45, 2.75) is 122 Å². The molecule has 0 radical (unpaired) electrons. The van der Waals surface area contributed by atoms with Crippen LogP contribution in [0.2, 0.25) is 0 Å². The minimum absolute atomic E-state index is 0.0654. The minimum atomic E-state index is -1.32. The van der Waals surface area contributed by atoms with Crippen molar-refractivity contribution in [3.05, 3.63) is 35.9 Å². The van der Waals surface area contributed by atoms with Gasteiger partial charge in [0.1, 0.15) is 24.6 Å². The molecule has 12 heteroatoms. The predicted molar refractivity (Wildman–Crippen MR) is 174 cm³/mol. The van der Waals surface area contributed by atoms with E-state index in [1.54, 1.807) is 48.6 Å². The standard InChI is InChI=1S/C36H55NO11/c1-18-16-36(7,44-9)32(22(5)28(39)23(6)33(42)47-31-20(3)26(31)29(40)21(4)27(18)38)48-34-30(41)25(15-19(2)46-34)37(8)35(43)45-17-24-13-11-10-12-14-24/h10-14,18-23,25-26,28-32,34,39-41H,15-17H2,1-9H3/t18-,19-,20?,21+,22+,23-,25+,26-,28+,29-,30-,31-,32-,34+,36+/m1/s1. The average Bonchev–Trinajstić information content (AvgIpc) is 3.71. The fraction of sp³-hybridized carbons (Fsp3) is 0.750. The fourth-order valence-corrected chi connectivity index (χ4v) is 7.59. The summed E-state index contributed by atoms with van der Waals surface area (Å²) in [6, 6.07) is 8.52. The van der Waals surface area contributed by atoms with Gasteiger partial charge < -0.3 is 43.9 Å². The fourth-order valence-electron chi connectivity index (χ4n) is 7.59. The Morgan fingerprint density at radius 1 is 0.958 bits per heavy atom. The molecule has 0 bridgehead atoms. The molecule has 1 unspecified atom stereocenters. The van der Waals surface area contributed by atoms with Crippen molar-refractivity contribution in [2.24, 2.45) is 35.5 Å². The summed E-state index contributed by atoms with van der Waals surface area (Å²) in [5.74, 6) is -4.35. The molecule has 270 valence electrons. The smallest absolute Gasteiger partial charge is 0.410 e. The molecule has 2 heterocycles. The van der Waals surface area contributed by atoms with E-state index >= 15 is 0 Å². The number of methoxy groups -OCH3 is 1. The lowest BCUT2D eigenvalue weighted by Crippen LogP contribution is -2.60. The van der Waals surface area contributed by atoms with Gasteiger partial charge in [-0.15, -0.1) is 0 Å². The summed E-state index contributed by atoms with van der Waals surface area (Å²) in [5.41, 5.74) is -0.411. The first-order valence-electron chi connectivity index (χ1n) is 17.1. The number of amides is 1. The van der Waals surface area contributed by atoms with E-state index in [-0.39, 0.29) is 30.6 Å². The van der Waals surface area contributed by atoms with Gasteiger partial charge >= 0.3 is 12.1 Å². The van der Waals surface area contributed by atoms with Crippen LogP contribution in [-0.2, 0) is 39.9 Å². The van der Waals surface area contributed by atoms with Gasteiger partial charge in [-0.3, -0.25) is 9.59 Å². The van der Waals surface area contributed by atoms with Crippen molar-refractivity contribution in [2.75, 3.05) is 14.2 Å². The zero-order valence-corrected chi connectivity index (χ0v) is 29.6. The first-order chi connectivity index (χ1) is 22.5. The molecule has 2 saturated heterocycles. The molecule has 12 nitrogen and oxygen atoms in total. The molecule has 15 atom stereocenters. The maximum Gasteiger partial charge on any atom is 0.410 e. The van der Waals surface area contributed by atoms with Gasteiger partial charge in [-0.2, -0.15) is 0 Å². The van der Waals surface area contributed by atoms with Crippen LogP contribution in [0.15, 0.2) is 30.3 Å². The second kappa shape index (κ2) is 15.5. The second-order valence-electron chi connectivity index (χ2n) is 14.6. The van der Waals surface area contributed by atoms with Gasteiger partial charge in [-0.05, 0) is 39.2 Å². The number of carbonyl (C=O) groups excluding carboxylic acids is 3. The van der Waals surface area contributed by atoms with E-state index in [1.165, 1.54) is 12.0 Å². The molecule has 0 spiro atoms. The lowest BCUT2D eigenvalue weighted by molar-refractivity contribution is -0.300. The topological polar surface area (TPSA) is 161 Å². The molecule has 3 fully saturated rings. The Labute approximate surface area is 284 Å². The van der Waals surface area contributed by atoms with Gasteiger partial charge in [0.25, 0.3) is 0 Å². The number of carbonyl (C=O) groups is 3. The lowest BCUT2D eigenvalue weighted by Gasteiger charge is -2.47. The van der Waals surface area contributed by atoms with Gasteiger partial charge in [-0.25, -0.2) is 4.79 Å². The van der Waals surface area contributed by atoms with Crippen LogP contribution in [0.5, 0.6) is 0 Å². The molecule has 1 saturated carbocycles. The van der Waals surface area contributed by atoms with E-state index in [0.717, 1.165) is 5.56 Å². The van der Waals surface area contributed by atoms with Crippen molar-refractivity contribution in [1.82, 2.24) is 4.90 Å². The molecular weight excluding hydrogens is 622 g/mol. The second-order valence-corrected chi connectivity index (χ2v) is 14.6. The normalized spacial score (nSPS) is 42.6. The molecule has 0 aromatic heterocycles. The quantitative estimate of drug-likeness (QED) is 0.379. The third-order valence-corrected chi connectivity index (χ3v) is 11.0. The van der Waals surface area contributed by atoms with Crippen molar-refractivity contribution in [1.29, 1.82) is 0 Å². The van der Waals surface area contributed by atoms with Gasteiger partial charge in [0.15, 0.2) is 6.29 Å². The van der Waals surface area contributed by atoms with E-state index in [2.05, 4.69) is 0 Å². The summed E-state index contributed by atoms with van der Waals surface area (Å²) in [7, 11) is 3.02. The SMILES string of the molecule is CO[C@@]1(C)C[C@@H](C)C(=O)[C@H](C)[C@@H](O)[C@H]2C(C)[C@H]2OC(=O)[C@H](C)[C@@H](O)[C@H](C)[C@H]1O[C@@H]1O[C@H](C)C[C@H](N(C)C(=O)OCc2ccccc2)[C@H]1O. The number of aliphatic hydroxyl groups is 3. The number of hydrogen-bond acceptors (Lipinski definition) is 11. The van der Waals surface area contributed by atoms with Crippen molar-refractivity contribution in [3.63, 3.8) is 0 Å². The number of hydrogen-bond donors (Lipinski definition) is 3. The first kappa shape index (κ1) is 38.2. The number of likely N-dealkylation sites (N-methyl/N-ethyl adjacent to an activating group) is 1. The first-order valence-corrected chi connectivity index (χ1v) is 17.1. The number of fused-ring (bicyclic) bond motifs is 1. The van der Waals surface area contributed by atoms with E-state index in [4.69, 9.17) is 23.7 Å². The zero-order valence-electron chi connectivity index (χ0n) is 29.6. The number of aliphatic hydroxyl groups excluding tert-OH is 3. The van der Waals surface area contributed by atoms with Gasteiger partial charge in [0.05, 0.1) is 42.0 Å². The van der Waals surface area contributed by atoms with Crippen molar-refractivity contribution < 1.29 is 53.4 Å². The van der Waals surface area contributed by atoms with E-state index in [0.29, 0.717) is 6.42 Å². The number of benzene rings is 1. The Bertz CT molecular complexity index is 1260. The number of esters is 1. The van der Waals surface area contributed by atoms with E-state index < -0.39 is 90.3 Å². The summed E-state index contributed by atoms with van der Waals surface area (Å²) in [5, 5.41) is 34.3. The Hall–Kier alpha value is -2.61. The molecule has 3 N–H and O–H groups in total. The van der Waals surface area contributed by atoms with Crippen LogP contribution in [0.3, 0.4) is 0 Å². The lowest BCUT2D eigenvalue weighted by atomic mass is 9.75. The van der Waals surface area contributed by atoms with Crippen molar-refractivity contribution in [3.8, 4) is 0 Å². The van der Waals surface area contributed by atoms with Crippen LogP contribution < -0.4 is 0 Å². The van der Waals surface area contributed by atoms with E-state index in [1.807, 2.05) is 37.3 Å². The van der Waals surface area contributed by atoms with E-state index in [9.17, 15) is 29.7 Å². The largest absolute Gasteiger partial charge is 0.461 e. The number of rotatable bonds is 6. The third kappa shape index (κ3) is 8.05. The van der Waals surface area contributed by atoms with Crippen molar-refractivity contribution >= 4 is 17.8 Å². The average molecular weight is 678 g/mol. The molecule has 1 aromatic rings. The predicted octanol–water partition coefficient (Wildman–Crippen LogP) is 3.33. The summed E-state index contributed by atoms with van der Waals surface area (Å²) in [6.07, 6.45) is -7.04. The maximum atomic E-state index is 13.7. The Kier molecular flexibility index (Phi) is 12.3. The summed E-state index contributed by atoms with van der Waals surface area (Å²) in [6.45, 7) is 12.2. The van der Waals surface area contributed by atoms with Gasteiger partial charge in [0, 0.05) is 43.7 Å². The Balaban J connectivity index is 1.61. The minimum Gasteiger partial charge on any atom is -0.461 e. The molecular formula is C36H55NO11. The third-order valence-electron chi connectivity index (χ3n) is 11.0. The molecule has 48 heavy (non-hydrogen) atoms. The number of ether oxygens (including phenoxy) is 5. The molecule has 1 aliphatic carbocycles. The number of ketones is 1. The van der Waals surface area contributed by atoms with Crippen LogP contribution in [0, 0.1) is 35.5 Å². The van der Waals surface area contributed by atoms with Crippen LogP contribution in [0.25, 0.3) is 0 Å². The summed E-state index contributed by atoms with van der Waals surface area (Å²) in [4.78, 5) is 41.3. The Morgan fingerprint density at radius 2 is 1.60 bits per heavy atom. The molecule has 1 amide bonds. The number of nitrogens with zero attached hydrogens (tertiary/aromatic N) is 1. The monoisotopic (exact) mass is 677 g/mol. The van der Waals surface area contributed by atoms with Crippen LogP contribution in [0.1, 0.15) is 66.9 Å². The van der Waals surface area contributed by atoms with Gasteiger partial charge in [-0.1, -0.05) is 58.0 Å². The van der Waals surface area contributed by atoms with Gasteiger partial charge in [0.2, 0.25) is 0 Å². The highest BCUT2D eigenvalue weighted by atomic mass is 16.7. The maximum absolute atomic E-state index is 13.7. The number of Topliss-reactive ketones (excluding diaryl/α,β-unsaturated/α-hetero) is 1. The molecule has 2 aliphatic heterocycles. The van der Waals surface area contributed by atoms with Crippen LogP contribution >= 0.6 is 0 Å². The summed E-state index contributed by atoms with van der Waals surface area (Å²) >= 11 is 0. The van der Waals surface area contributed by atoms with Crippen LogP contribution in [-0.4, -0.2) is 107 Å². The summed E-state index contributed by atoms with van der Waals surface area (Å²) < 4.78 is 30.0. The highest BCUT2D eigenvalue weighted by molar-refractivity contribution is 5.83. The molecule has 1 aromatic carbocycles. The highest BCUT2D eigenvalue weighted by Gasteiger charge is 2.57. The molecule has 3 aliphatic rings. The highest BCUT2D eigenvalue weighted by Crippen LogP contribution is 2.47. The Morgan fingerprint density at radius 3 is 2.23 bits per heavy atom. The molecule has 4 rings (SSSR count). The zero-order chi connectivity index (χ0) is 35.7. The van der Waals surface area contributed by atoms with Crippen LogP contribution in [0.4, 0.5) is 4.79 Å².